The fourth-order valence-corrected chi connectivity index (χ4v) is 2.35. The first-order valence-electron chi connectivity index (χ1n) is 6.21. The summed E-state index contributed by atoms with van der Waals surface area (Å²) < 4.78 is 0. The van der Waals surface area contributed by atoms with E-state index in [1.165, 1.54) is 5.56 Å². The van der Waals surface area contributed by atoms with Crippen LogP contribution in [0.1, 0.15) is 18.4 Å². The highest BCUT2D eigenvalue weighted by atomic mass is 16.1. The quantitative estimate of drug-likeness (QED) is 0.848. The van der Waals surface area contributed by atoms with Crippen molar-refractivity contribution in [2.24, 2.45) is 5.92 Å². The van der Waals surface area contributed by atoms with Crippen LogP contribution in [0.4, 0.5) is 5.69 Å². The molecule has 0 saturated carbocycles. The number of nitrogens with zero attached hydrogens (tertiary/aromatic N) is 1. The highest BCUT2D eigenvalue weighted by molar-refractivity contribution is 5.92. The molecule has 0 aromatic heterocycles. The van der Waals surface area contributed by atoms with Gasteiger partial charge in [-0.05, 0) is 51.1 Å². The van der Waals surface area contributed by atoms with E-state index >= 15 is 0 Å². The van der Waals surface area contributed by atoms with Gasteiger partial charge in [0.1, 0.15) is 0 Å². The first kappa shape index (κ1) is 12.1. The molecule has 2 rings (SSSR count). The average Bonchev–Trinajstić information content (AvgIpc) is 2.29. The minimum Gasteiger partial charge on any atom is -0.326 e. The van der Waals surface area contributed by atoms with Crippen LogP contribution in [-0.4, -0.2) is 30.9 Å². The number of nitrogens with one attached hydrogen (secondary N) is 1. The number of carbonyl (C=O) groups is 1. The number of anilines is 1. The molecule has 1 aliphatic rings. The number of likely N-dealkylation sites (tertiary alicyclic amines) is 1. The lowest BCUT2D eigenvalue weighted by Crippen LogP contribution is -2.38. The summed E-state index contributed by atoms with van der Waals surface area (Å²) in [5.74, 6) is 0.288. The largest absolute Gasteiger partial charge is 0.326 e. The number of rotatable bonds is 2. The fourth-order valence-electron chi connectivity index (χ4n) is 2.35. The van der Waals surface area contributed by atoms with E-state index in [0.29, 0.717) is 0 Å². The first-order valence-corrected chi connectivity index (χ1v) is 6.21. The van der Waals surface area contributed by atoms with E-state index < -0.39 is 0 Å². The van der Waals surface area contributed by atoms with Crippen molar-refractivity contribution in [2.45, 2.75) is 19.8 Å². The molecule has 1 fully saturated rings. The van der Waals surface area contributed by atoms with E-state index in [9.17, 15) is 4.79 Å². The summed E-state index contributed by atoms with van der Waals surface area (Å²) in [6.45, 7) is 4.01. The molecule has 1 aliphatic heterocycles. The number of aryl methyl sites for hydroxylation is 1. The lowest BCUT2D eigenvalue weighted by atomic mass is 9.97. The van der Waals surface area contributed by atoms with Gasteiger partial charge in [-0.2, -0.15) is 0 Å². The van der Waals surface area contributed by atoms with Gasteiger partial charge >= 0.3 is 0 Å². The molecule has 1 atom stereocenters. The fraction of sp³-hybridized carbons (Fsp3) is 0.500. The minimum absolute atomic E-state index is 0.134. The first-order chi connectivity index (χ1) is 8.15. The summed E-state index contributed by atoms with van der Waals surface area (Å²) in [5, 5.41) is 3.01. The van der Waals surface area contributed by atoms with Crippen LogP contribution in [0, 0.1) is 12.8 Å². The van der Waals surface area contributed by atoms with Crippen molar-refractivity contribution in [1.82, 2.24) is 4.90 Å². The van der Waals surface area contributed by atoms with E-state index in [-0.39, 0.29) is 11.8 Å². The van der Waals surface area contributed by atoms with Crippen molar-refractivity contribution in [2.75, 3.05) is 25.5 Å². The molecule has 17 heavy (non-hydrogen) atoms. The Balaban J connectivity index is 1.96. The Morgan fingerprint density at radius 3 is 3.00 bits per heavy atom. The zero-order valence-electron chi connectivity index (χ0n) is 10.6. The van der Waals surface area contributed by atoms with Gasteiger partial charge in [-0.25, -0.2) is 0 Å². The Hall–Kier alpha value is -1.35. The topological polar surface area (TPSA) is 32.3 Å². The molecule has 1 N–H and O–H groups in total. The van der Waals surface area contributed by atoms with Crippen molar-refractivity contribution in [3.63, 3.8) is 0 Å². The summed E-state index contributed by atoms with van der Waals surface area (Å²) in [6, 6.07) is 7.95. The molecule has 1 amide bonds. The van der Waals surface area contributed by atoms with Crippen LogP contribution in [-0.2, 0) is 4.79 Å². The highest BCUT2D eigenvalue weighted by Crippen LogP contribution is 2.18. The molecule has 3 nitrogen and oxygen atoms in total. The third-order valence-electron chi connectivity index (χ3n) is 3.28. The van der Waals surface area contributed by atoms with Crippen LogP contribution in [0.2, 0.25) is 0 Å². The molecule has 0 unspecified atom stereocenters. The molecule has 0 aliphatic carbocycles. The van der Waals surface area contributed by atoms with Gasteiger partial charge in [-0.1, -0.05) is 12.1 Å². The van der Waals surface area contributed by atoms with Gasteiger partial charge in [0.05, 0.1) is 5.92 Å². The monoisotopic (exact) mass is 232 g/mol. The molecule has 3 heteroatoms. The summed E-state index contributed by atoms with van der Waals surface area (Å²) in [4.78, 5) is 14.3. The Kier molecular flexibility index (Phi) is 3.79. The van der Waals surface area contributed by atoms with E-state index in [0.717, 1.165) is 31.6 Å². The molecule has 1 aromatic rings. The number of benzene rings is 1. The summed E-state index contributed by atoms with van der Waals surface area (Å²) in [5.41, 5.74) is 2.08. The van der Waals surface area contributed by atoms with Gasteiger partial charge in [-0.3, -0.25) is 4.79 Å². The predicted octanol–water partition coefficient (Wildman–Crippen LogP) is 2.28. The van der Waals surface area contributed by atoms with Crippen molar-refractivity contribution in [1.29, 1.82) is 0 Å². The second kappa shape index (κ2) is 5.32. The molecule has 0 spiro atoms. The zero-order valence-corrected chi connectivity index (χ0v) is 10.6. The summed E-state index contributed by atoms with van der Waals surface area (Å²) >= 11 is 0. The van der Waals surface area contributed by atoms with Crippen molar-refractivity contribution in [3.05, 3.63) is 29.8 Å². The van der Waals surface area contributed by atoms with Crippen LogP contribution in [0.5, 0.6) is 0 Å². The van der Waals surface area contributed by atoms with E-state index in [4.69, 9.17) is 0 Å². The van der Waals surface area contributed by atoms with Gasteiger partial charge in [-0.15, -0.1) is 0 Å². The van der Waals surface area contributed by atoms with Crippen molar-refractivity contribution in [3.8, 4) is 0 Å². The standard InChI is InChI=1S/C14H20N2O/c1-11-5-3-7-13(9-11)15-14(17)12-6-4-8-16(2)10-12/h3,5,7,9,12H,4,6,8,10H2,1-2H3,(H,15,17)/t12-/m1/s1. The highest BCUT2D eigenvalue weighted by Gasteiger charge is 2.23. The molecule has 0 bridgehead atoms. The number of piperidine rings is 1. The Morgan fingerprint density at radius 2 is 2.29 bits per heavy atom. The molecule has 0 radical (unpaired) electrons. The third-order valence-corrected chi connectivity index (χ3v) is 3.28. The molecule has 1 saturated heterocycles. The maximum absolute atomic E-state index is 12.1. The molecule has 1 aromatic carbocycles. The second-order valence-corrected chi connectivity index (χ2v) is 4.96. The molecular formula is C14H20N2O. The summed E-state index contributed by atoms with van der Waals surface area (Å²) in [7, 11) is 2.08. The number of carbonyl (C=O) groups excluding carboxylic acids is 1. The predicted molar refractivity (Wildman–Crippen MR) is 70.0 cm³/mol. The van der Waals surface area contributed by atoms with E-state index in [2.05, 4.69) is 17.3 Å². The van der Waals surface area contributed by atoms with Crippen LogP contribution in [0.3, 0.4) is 0 Å². The van der Waals surface area contributed by atoms with Gasteiger partial charge in [0.25, 0.3) is 0 Å². The maximum atomic E-state index is 12.1. The van der Waals surface area contributed by atoms with Crippen LogP contribution in [0.15, 0.2) is 24.3 Å². The van der Waals surface area contributed by atoms with Gasteiger partial charge in [0.15, 0.2) is 0 Å². The average molecular weight is 232 g/mol. The Morgan fingerprint density at radius 1 is 1.47 bits per heavy atom. The number of amides is 1. The second-order valence-electron chi connectivity index (χ2n) is 4.96. The Labute approximate surface area is 103 Å². The number of hydrogen-bond acceptors (Lipinski definition) is 2. The van der Waals surface area contributed by atoms with Gasteiger partial charge in [0.2, 0.25) is 5.91 Å². The number of hydrogen-bond donors (Lipinski definition) is 1. The molecule has 92 valence electrons. The maximum Gasteiger partial charge on any atom is 0.228 e. The van der Waals surface area contributed by atoms with Crippen LogP contribution < -0.4 is 5.32 Å². The minimum atomic E-state index is 0.134. The molecular weight excluding hydrogens is 212 g/mol. The van der Waals surface area contributed by atoms with E-state index in [1.54, 1.807) is 0 Å². The van der Waals surface area contributed by atoms with Crippen LogP contribution >= 0.6 is 0 Å². The van der Waals surface area contributed by atoms with Gasteiger partial charge in [0, 0.05) is 12.2 Å². The SMILES string of the molecule is Cc1cccc(NC(=O)[C@@H]2CCCN(C)C2)c1. The normalized spacial score (nSPS) is 21.2. The van der Waals surface area contributed by atoms with Crippen LogP contribution in [0.25, 0.3) is 0 Å². The van der Waals surface area contributed by atoms with E-state index in [1.807, 2.05) is 31.2 Å². The smallest absolute Gasteiger partial charge is 0.228 e. The lowest BCUT2D eigenvalue weighted by Gasteiger charge is -2.28. The lowest BCUT2D eigenvalue weighted by molar-refractivity contribution is -0.121. The van der Waals surface area contributed by atoms with Crippen molar-refractivity contribution >= 4 is 11.6 Å². The van der Waals surface area contributed by atoms with Gasteiger partial charge < -0.3 is 10.2 Å². The summed E-state index contributed by atoms with van der Waals surface area (Å²) in [6.07, 6.45) is 2.12. The third kappa shape index (κ3) is 3.30. The molecule has 1 heterocycles. The zero-order chi connectivity index (χ0) is 12.3. The van der Waals surface area contributed by atoms with Crippen molar-refractivity contribution < 1.29 is 4.79 Å². The Bertz CT molecular complexity index is 403.